The monoisotopic (exact) mass is 318 g/mol. The van der Waals surface area contributed by atoms with E-state index in [1.165, 1.54) is 5.56 Å². The van der Waals surface area contributed by atoms with Crippen molar-refractivity contribution in [2.45, 2.75) is 19.9 Å². The standard InChI is InChI=1S/C16H22N4OS/c1-3-20(4-2)14(13-8-10-22-12-13)11-18-16(21)19-15-7-5-6-9-17-15/h5-10,12,14H,3-4,11H2,1-2H3,(H2,17,18,19,21)/t14-/m0/s1. The molecular weight excluding hydrogens is 296 g/mol. The molecule has 0 spiro atoms. The molecule has 0 bridgehead atoms. The molecule has 0 aliphatic carbocycles. The second-order valence-corrected chi connectivity index (χ2v) is 5.62. The summed E-state index contributed by atoms with van der Waals surface area (Å²) >= 11 is 1.68. The summed E-state index contributed by atoms with van der Waals surface area (Å²) in [6.45, 7) is 6.73. The number of hydrogen-bond acceptors (Lipinski definition) is 4. The van der Waals surface area contributed by atoms with Crippen molar-refractivity contribution >= 4 is 23.2 Å². The summed E-state index contributed by atoms with van der Waals surface area (Å²) in [6.07, 6.45) is 1.65. The summed E-state index contributed by atoms with van der Waals surface area (Å²) in [4.78, 5) is 18.4. The van der Waals surface area contributed by atoms with Gasteiger partial charge in [-0.3, -0.25) is 10.2 Å². The average Bonchev–Trinajstić information content (AvgIpc) is 3.06. The topological polar surface area (TPSA) is 57.3 Å². The normalized spacial score (nSPS) is 12.1. The predicted molar refractivity (Wildman–Crippen MR) is 91.2 cm³/mol. The van der Waals surface area contributed by atoms with Crippen LogP contribution in [0.2, 0.25) is 0 Å². The van der Waals surface area contributed by atoms with Gasteiger partial charge in [-0.2, -0.15) is 11.3 Å². The summed E-state index contributed by atoms with van der Waals surface area (Å²) < 4.78 is 0. The van der Waals surface area contributed by atoms with E-state index < -0.39 is 0 Å². The summed E-state index contributed by atoms with van der Waals surface area (Å²) in [5, 5.41) is 9.89. The van der Waals surface area contributed by atoms with E-state index in [4.69, 9.17) is 0 Å². The SMILES string of the molecule is CCN(CC)[C@@H](CNC(=O)Nc1ccccn1)c1ccsc1. The van der Waals surface area contributed by atoms with Crippen LogP contribution in [0, 0.1) is 0 Å². The molecule has 2 amide bonds. The van der Waals surface area contributed by atoms with E-state index >= 15 is 0 Å². The first kappa shape index (κ1) is 16.5. The van der Waals surface area contributed by atoms with Crippen molar-refractivity contribution < 1.29 is 4.79 Å². The smallest absolute Gasteiger partial charge is 0.320 e. The second kappa shape index (κ2) is 8.51. The number of anilines is 1. The summed E-state index contributed by atoms with van der Waals surface area (Å²) in [7, 11) is 0. The molecule has 0 aliphatic heterocycles. The second-order valence-electron chi connectivity index (χ2n) is 4.84. The zero-order valence-electron chi connectivity index (χ0n) is 13.0. The molecule has 2 aromatic rings. The molecule has 0 radical (unpaired) electrons. The minimum atomic E-state index is -0.230. The van der Waals surface area contributed by atoms with Gasteiger partial charge in [0.25, 0.3) is 0 Å². The number of nitrogens with zero attached hydrogens (tertiary/aromatic N) is 2. The Kier molecular flexibility index (Phi) is 6.36. The van der Waals surface area contributed by atoms with Gasteiger partial charge in [0.1, 0.15) is 5.82 Å². The number of hydrogen-bond donors (Lipinski definition) is 2. The summed E-state index contributed by atoms with van der Waals surface area (Å²) in [6, 6.07) is 7.50. The van der Waals surface area contributed by atoms with Crippen molar-refractivity contribution in [1.82, 2.24) is 15.2 Å². The third-order valence-corrected chi connectivity index (χ3v) is 4.25. The Labute approximate surface area is 135 Å². The third kappa shape index (κ3) is 4.54. The molecule has 0 saturated heterocycles. The molecule has 0 saturated carbocycles. The van der Waals surface area contributed by atoms with Crippen LogP contribution in [0.1, 0.15) is 25.5 Å². The van der Waals surface area contributed by atoms with Crippen LogP contribution < -0.4 is 10.6 Å². The number of likely N-dealkylation sites (N-methyl/N-ethyl adjacent to an activating group) is 1. The van der Waals surface area contributed by atoms with Gasteiger partial charge in [-0.15, -0.1) is 0 Å². The van der Waals surface area contributed by atoms with Crippen molar-refractivity contribution in [3.63, 3.8) is 0 Å². The van der Waals surface area contributed by atoms with Crippen LogP contribution in [0.15, 0.2) is 41.2 Å². The maximum atomic E-state index is 12.0. The fourth-order valence-corrected chi connectivity index (χ4v) is 3.08. The van der Waals surface area contributed by atoms with Crippen molar-refractivity contribution in [3.8, 4) is 0 Å². The van der Waals surface area contributed by atoms with Crippen LogP contribution in [0.3, 0.4) is 0 Å². The van der Waals surface area contributed by atoms with Gasteiger partial charge in [0.05, 0.1) is 6.04 Å². The van der Waals surface area contributed by atoms with Crippen molar-refractivity contribution in [2.75, 3.05) is 25.0 Å². The van der Waals surface area contributed by atoms with E-state index in [9.17, 15) is 4.79 Å². The van der Waals surface area contributed by atoms with E-state index in [0.29, 0.717) is 12.4 Å². The van der Waals surface area contributed by atoms with Crippen LogP contribution in [-0.2, 0) is 0 Å². The summed E-state index contributed by atoms with van der Waals surface area (Å²) in [5.74, 6) is 0.551. The minimum Gasteiger partial charge on any atom is -0.336 e. The Morgan fingerprint density at radius 2 is 2.14 bits per heavy atom. The molecule has 118 valence electrons. The third-order valence-electron chi connectivity index (χ3n) is 3.54. The van der Waals surface area contributed by atoms with Crippen LogP contribution in [0.25, 0.3) is 0 Å². The highest BCUT2D eigenvalue weighted by Crippen LogP contribution is 2.22. The first-order valence-corrected chi connectivity index (χ1v) is 8.40. The Balaban J connectivity index is 1.95. The van der Waals surface area contributed by atoms with Gasteiger partial charge in [-0.25, -0.2) is 9.78 Å². The van der Waals surface area contributed by atoms with E-state index in [1.54, 1.807) is 23.6 Å². The van der Waals surface area contributed by atoms with Crippen molar-refractivity contribution in [1.29, 1.82) is 0 Å². The molecule has 0 unspecified atom stereocenters. The quantitative estimate of drug-likeness (QED) is 0.823. The average molecular weight is 318 g/mol. The molecule has 2 rings (SSSR count). The lowest BCUT2D eigenvalue weighted by Crippen LogP contribution is -2.39. The fraction of sp³-hybridized carbons (Fsp3) is 0.375. The number of rotatable bonds is 7. The molecule has 2 N–H and O–H groups in total. The Hall–Kier alpha value is -1.92. The van der Waals surface area contributed by atoms with Gasteiger partial charge in [-0.1, -0.05) is 19.9 Å². The largest absolute Gasteiger partial charge is 0.336 e. The van der Waals surface area contributed by atoms with Gasteiger partial charge in [0.15, 0.2) is 0 Å². The molecule has 0 fully saturated rings. The Morgan fingerprint density at radius 1 is 1.32 bits per heavy atom. The Bertz CT molecular complexity index is 555. The molecule has 2 heterocycles. The van der Waals surface area contributed by atoms with Crippen LogP contribution in [0.4, 0.5) is 10.6 Å². The van der Waals surface area contributed by atoms with Crippen LogP contribution in [0.5, 0.6) is 0 Å². The minimum absolute atomic E-state index is 0.190. The van der Waals surface area contributed by atoms with E-state index in [1.807, 2.05) is 12.1 Å². The highest BCUT2D eigenvalue weighted by atomic mass is 32.1. The lowest BCUT2D eigenvalue weighted by molar-refractivity contribution is 0.210. The first-order valence-electron chi connectivity index (χ1n) is 7.46. The van der Waals surface area contributed by atoms with Crippen LogP contribution >= 0.6 is 11.3 Å². The molecule has 5 nitrogen and oxygen atoms in total. The van der Waals surface area contributed by atoms with Gasteiger partial charge >= 0.3 is 6.03 Å². The zero-order valence-corrected chi connectivity index (χ0v) is 13.8. The number of urea groups is 1. The predicted octanol–water partition coefficient (Wildman–Crippen LogP) is 3.35. The fourth-order valence-electron chi connectivity index (χ4n) is 2.37. The molecule has 2 aromatic heterocycles. The highest BCUT2D eigenvalue weighted by Gasteiger charge is 2.19. The van der Waals surface area contributed by atoms with Crippen molar-refractivity contribution in [2.24, 2.45) is 0 Å². The summed E-state index contributed by atoms with van der Waals surface area (Å²) in [5.41, 5.74) is 1.24. The van der Waals surface area contributed by atoms with Gasteiger partial charge in [-0.05, 0) is 47.6 Å². The lowest BCUT2D eigenvalue weighted by atomic mass is 10.1. The number of amides is 2. The van der Waals surface area contributed by atoms with E-state index in [0.717, 1.165) is 13.1 Å². The molecule has 6 heteroatoms. The molecule has 0 aromatic carbocycles. The molecule has 1 atom stereocenters. The molecular formula is C16H22N4OS. The highest BCUT2D eigenvalue weighted by molar-refractivity contribution is 7.07. The number of aromatic nitrogens is 1. The number of carbonyl (C=O) groups is 1. The Morgan fingerprint density at radius 3 is 2.73 bits per heavy atom. The van der Waals surface area contributed by atoms with Gasteiger partial charge in [0.2, 0.25) is 0 Å². The maximum absolute atomic E-state index is 12.0. The molecule has 0 aliphatic rings. The maximum Gasteiger partial charge on any atom is 0.320 e. The van der Waals surface area contributed by atoms with E-state index in [2.05, 4.69) is 51.2 Å². The lowest BCUT2D eigenvalue weighted by Gasteiger charge is -2.29. The number of thiophene rings is 1. The first-order chi connectivity index (χ1) is 10.7. The number of carbonyl (C=O) groups excluding carboxylic acids is 1. The number of pyridine rings is 1. The number of nitrogens with one attached hydrogen (secondary N) is 2. The molecule has 22 heavy (non-hydrogen) atoms. The van der Waals surface area contributed by atoms with Crippen LogP contribution in [-0.4, -0.2) is 35.5 Å². The van der Waals surface area contributed by atoms with E-state index in [-0.39, 0.29) is 12.1 Å². The van der Waals surface area contributed by atoms with Crippen molar-refractivity contribution in [3.05, 3.63) is 46.8 Å². The zero-order chi connectivity index (χ0) is 15.8. The van der Waals surface area contributed by atoms with Gasteiger partial charge in [0, 0.05) is 12.7 Å². The van der Waals surface area contributed by atoms with Gasteiger partial charge < -0.3 is 5.32 Å².